The van der Waals surface area contributed by atoms with Crippen molar-refractivity contribution in [2.24, 2.45) is 0 Å². The number of halogens is 3. The Kier molecular flexibility index (Phi) is 11.2. The van der Waals surface area contributed by atoms with Crippen molar-refractivity contribution in [3.05, 3.63) is 53.5 Å². The van der Waals surface area contributed by atoms with Gasteiger partial charge in [0.25, 0.3) is 0 Å². The maximum Gasteiger partial charge on any atom is 0.534 e. The fourth-order valence-corrected chi connectivity index (χ4v) is 3.78. The topological polar surface area (TPSA) is 130 Å². The summed E-state index contributed by atoms with van der Waals surface area (Å²) in [7, 11) is -5.95. The van der Waals surface area contributed by atoms with E-state index >= 15 is 0 Å². The van der Waals surface area contributed by atoms with Gasteiger partial charge in [0.1, 0.15) is 17.1 Å². The van der Waals surface area contributed by atoms with Gasteiger partial charge in [0.15, 0.2) is 0 Å². The molecule has 1 N–H and O–H groups in total. The van der Waals surface area contributed by atoms with E-state index in [0.29, 0.717) is 11.3 Å². The number of furan rings is 1. The number of hydrogen-bond acceptors (Lipinski definition) is 9. The number of nitrogens with one attached hydrogen (secondary N) is 1. The third-order valence-electron chi connectivity index (χ3n) is 4.93. The summed E-state index contributed by atoms with van der Waals surface area (Å²) in [6.45, 7) is 6.68. The van der Waals surface area contributed by atoms with Crippen LogP contribution < -0.4 is 9.50 Å². The summed E-state index contributed by atoms with van der Waals surface area (Å²) in [4.78, 5) is 23.6. The van der Waals surface area contributed by atoms with Crippen LogP contribution in [0.4, 0.5) is 18.0 Å². The van der Waals surface area contributed by atoms with Crippen LogP contribution in [-0.2, 0) is 42.1 Å². The summed E-state index contributed by atoms with van der Waals surface area (Å²) < 4.78 is 87.6. The molecule has 1 atom stereocenters. The highest BCUT2D eigenvalue weighted by atomic mass is 32.2. The third kappa shape index (κ3) is 10.8. The summed E-state index contributed by atoms with van der Waals surface area (Å²) in [6, 6.07) is 7.28. The molecule has 0 aliphatic heterocycles. The van der Waals surface area contributed by atoms with Crippen molar-refractivity contribution in [2.45, 2.75) is 64.1 Å². The first-order chi connectivity index (χ1) is 18.1. The van der Waals surface area contributed by atoms with Crippen LogP contribution in [0.15, 0.2) is 41.0 Å². The van der Waals surface area contributed by atoms with E-state index in [0.717, 1.165) is 6.07 Å². The second-order valence-electron chi connectivity index (χ2n) is 9.33. The van der Waals surface area contributed by atoms with Crippen molar-refractivity contribution in [3.8, 4) is 5.75 Å². The molecule has 1 amide bonds. The number of carbonyl (C=O) groups is 2. The van der Waals surface area contributed by atoms with E-state index in [2.05, 4.69) is 9.50 Å². The van der Waals surface area contributed by atoms with Gasteiger partial charge in [0.05, 0.1) is 32.5 Å². The molecule has 1 heterocycles. The molecule has 2 aromatic rings. The van der Waals surface area contributed by atoms with Crippen molar-refractivity contribution >= 4 is 22.2 Å². The molecule has 0 fully saturated rings. The Hall–Kier alpha value is -3.26. The monoisotopic (exact) mass is 579 g/mol. The van der Waals surface area contributed by atoms with Crippen LogP contribution in [0.2, 0.25) is 0 Å². The van der Waals surface area contributed by atoms with Crippen LogP contribution in [0.3, 0.4) is 0 Å². The van der Waals surface area contributed by atoms with Crippen molar-refractivity contribution in [3.63, 3.8) is 0 Å². The van der Waals surface area contributed by atoms with E-state index < -0.39 is 39.0 Å². The highest BCUT2D eigenvalue weighted by Gasteiger charge is 2.48. The zero-order chi connectivity index (χ0) is 29.3. The molecule has 14 heteroatoms. The van der Waals surface area contributed by atoms with E-state index in [1.54, 1.807) is 39.8 Å². The quantitative estimate of drug-likeness (QED) is 0.153. The van der Waals surface area contributed by atoms with Crippen molar-refractivity contribution < 1.29 is 54.0 Å². The number of hydrogen-bond donors (Lipinski definition) is 1. The molecule has 218 valence electrons. The first-order valence-electron chi connectivity index (χ1n) is 12.0. The van der Waals surface area contributed by atoms with Crippen molar-refractivity contribution in [2.75, 3.05) is 19.8 Å². The Labute approximate surface area is 224 Å². The van der Waals surface area contributed by atoms with E-state index in [1.807, 2.05) is 0 Å². The summed E-state index contributed by atoms with van der Waals surface area (Å²) in [6.07, 6.45) is 0.925. The molecule has 1 unspecified atom stereocenters. The minimum absolute atomic E-state index is 0.0346. The average Bonchev–Trinajstić information content (AvgIpc) is 3.34. The Bertz CT molecular complexity index is 1190. The Morgan fingerprint density at radius 2 is 1.85 bits per heavy atom. The van der Waals surface area contributed by atoms with Gasteiger partial charge in [-0.3, -0.25) is 4.79 Å². The molecular weight excluding hydrogens is 547 g/mol. The predicted octanol–water partition coefficient (Wildman–Crippen LogP) is 4.83. The third-order valence-corrected chi connectivity index (χ3v) is 5.90. The second kappa shape index (κ2) is 13.7. The normalized spacial score (nSPS) is 13.0. The van der Waals surface area contributed by atoms with Gasteiger partial charge >= 0.3 is 27.7 Å². The number of amides is 1. The summed E-state index contributed by atoms with van der Waals surface area (Å²) >= 11 is 0. The zero-order valence-corrected chi connectivity index (χ0v) is 22.8. The Morgan fingerprint density at radius 1 is 1.13 bits per heavy atom. The maximum atomic E-state index is 12.9. The Morgan fingerprint density at radius 3 is 2.44 bits per heavy atom. The van der Waals surface area contributed by atoms with Crippen LogP contribution >= 0.6 is 0 Å². The fraction of sp³-hybridized carbons (Fsp3) is 0.520. The number of esters is 1. The van der Waals surface area contributed by atoms with Gasteiger partial charge in [-0.05, 0) is 57.9 Å². The van der Waals surface area contributed by atoms with E-state index in [-0.39, 0.29) is 50.7 Å². The lowest BCUT2D eigenvalue weighted by Crippen LogP contribution is -2.32. The van der Waals surface area contributed by atoms with Gasteiger partial charge in [0.2, 0.25) is 0 Å². The molecule has 39 heavy (non-hydrogen) atoms. The van der Waals surface area contributed by atoms with Crippen LogP contribution in [0, 0.1) is 0 Å². The lowest BCUT2D eigenvalue weighted by Gasteiger charge is -2.20. The highest BCUT2D eigenvalue weighted by molar-refractivity contribution is 7.88. The van der Waals surface area contributed by atoms with Crippen LogP contribution in [0.25, 0.3) is 0 Å². The van der Waals surface area contributed by atoms with E-state index in [1.165, 1.54) is 18.4 Å². The molecule has 0 aliphatic rings. The van der Waals surface area contributed by atoms with Gasteiger partial charge in [-0.2, -0.15) is 21.6 Å². The molecule has 2 rings (SSSR count). The minimum atomic E-state index is -5.95. The standard InChI is InChI=1S/C25H32F3NO9S/c1-5-35-22(30)10-12-34-16-19(20-7-6-11-36-20)14-17-8-9-21(38-39(32,33)25(26,27)28)18(13-17)15-29-23(31)37-24(2,3)4/h6-9,11,13,19H,5,10,12,14-16H2,1-4H3,(H,29,31). The smallest absolute Gasteiger partial charge is 0.469 e. The van der Waals surface area contributed by atoms with E-state index in [9.17, 15) is 31.2 Å². The first kappa shape index (κ1) is 32.0. The number of rotatable bonds is 13. The second-order valence-corrected chi connectivity index (χ2v) is 10.9. The average molecular weight is 580 g/mol. The number of alkyl halides is 3. The maximum absolute atomic E-state index is 12.9. The Balaban J connectivity index is 2.26. The molecule has 0 aliphatic carbocycles. The van der Waals surface area contributed by atoms with Crippen molar-refractivity contribution in [1.82, 2.24) is 5.32 Å². The van der Waals surface area contributed by atoms with Crippen LogP contribution in [0.1, 0.15) is 56.9 Å². The molecule has 0 spiro atoms. The number of ether oxygens (including phenoxy) is 3. The predicted molar refractivity (Wildman–Crippen MR) is 132 cm³/mol. The molecule has 1 aromatic heterocycles. The highest BCUT2D eigenvalue weighted by Crippen LogP contribution is 2.31. The lowest BCUT2D eigenvalue weighted by atomic mass is 9.96. The summed E-state index contributed by atoms with van der Waals surface area (Å²) in [5.74, 6) is -0.815. The van der Waals surface area contributed by atoms with Crippen LogP contribution in [0.5, 0.6) is 5.75 Å². The lowest BCUT2D eigenvalue weighted by molar-refractivity contribution is -0.144. The SMILES string of the molecule is CCOC(=O)CCOCC(Cc1ccc(OS(=O)(=O)C(F)(F)F)c(CNC(=O)OC(C)(C)C)c1)c1ccco1. The molecule has 1 aromatic carbocycles. The number of benzene rings is 1. The minimum Gasteiger partial charge on any atom is -0.469 e. The van der Waals surface area contributed by atoms with Gasteiger partial charge < -0.3 is 28.1 Å². The molecular formula is C25H32F3NO9S. The zero-order valence-electron chi connectivity index (χ0n) is 22.0. The molecule has 0 saturated carbocycles. The van der Waals surface area contributed by atoms with Crippen LogP contribution in [-0.4, -0.2) is 51.4 Å². The number of carbonyl (C=O) groups excluding carboxylic acids is 2. The molecule has 0 saturated heterocycles. The molecule has 10 nitrogen and oxygen atoms in total. The van der Waals surface area contributed by atoms with Gasteiger partial charge in [-0.25, -0.2) is 4.79 Å². The fourth-order valence-electron chi connectivity index (χ4n) is 3.29. The van der Waals surface area contributed by atoms with Gasteiger partial charge in [0, 0.05) is 18.0 Å². The van der Waals surface area contributed by atoms with E-state index in [4.69, 9.17) is 18.6 Å². The summed E-state index contributed by atoms with van der Waals surface area (Å²) in [5, 5.41) is 2.39. The first-order valence-corrected chi connectivity index (χ1v) is 13.4. The molecule has 0 radical (unpaired) electrons. The number of alkyl carbamates (subject to hydrolysis) is 1. The van der Waals surface area contributed by atoms with Gasteiger partial charge in [-0.1, -0.05) is 12.1 Å². The van der Waals surface area contributed by atoms with Crippen molar-refractivity contribution in [1.29, 1.82) is 0 Å². The largest absolute Gasteiger partial charge is 0.534 e. The summed E-state index contributed by atoms with van der Waals surface area (Å²) in [5.41, 5.74) is -5.96. The molecule has 0 bridgehead atoms. The van der Waals surface area contributed by atoms with Gasteiger partial charge in [-0.15, -0.1) is 0 Å².